The number of hydrogen-bond donors (Lipinski definition) is 0. The van der Waals surface area contributed by atoms with Crippen LogP contribution in [0.2, 0.25) is 0 Å². The molecule has 3 aromatic rings. The van der Waals surface area contributed by atoms with Crippen LogP contribution in [0.25, 0.3) is 11.4 Å². The summed E-state index contributed by atoms with van der Waals surface area (Å²) in [5, 5.41) is 0. The Kier molecular flexibility index (Phi) is 11.1. The fraction of sp³-hybridized carbons (Fsp3) is 0.500. The predicted octanol–water partition coefficient (Wildman–Crippen LogP) is 8.19. The van der Waals surface area contributed by atoms with Gasteiger partial charge in [-0.2, -0.15) is 0 Å². The molecular weight excluding hydrogens is 388 g/mol. The molecule has 2 heteroatoms. The zero-order valence-electron chi connectivity index (χ0n) is 20.2. The van der Waals surface area contributed by atoms with Crippen molar-refractivity contribution in [1.29, 1.82) is 0 Å². The van der Waals surface area contributed by atoms with Crippen molar-refractivity contribution in [2.45, 2.75) is 97.1 Å². The third kappa shape index (κ3) is 8.30. The molecule has 0 atom stereocenters. The molecule has 32 heavy (non-hydrogen) atoms. The average molecular weight is 432 g/mol. The molecule has 0 spiro atoms. The molecule has 2 nitrogen and oxygen atoms in total. The summed E-state index contributed by atoms with van der Waals surface area (Å²) in [6.07, 6.45) is 21.3. The maximum atomic E-state index is 2.45. The first kappa shape index (κ1) is 24.3. The number of aryl methyl sites for hydroxylation is 1. The Labute approximate surface area is 196 Å². The van der Waals surface area contributed by atoms with Gasteiger partial charge in [-0.05, 0) is 30.5 Å². The number of aromatic nitrogens is 2. The minimum atomic E-state index is 0.913. The summed E-state index contributed by atoms with van der Waals surface area (Å²) in [5.74, 6) is 1.32. The SMILES string of the molecule is CCCCCCCCCCCCCC[n+]1ccn(Cc2ccccc2)c1-c1ccccc1. The van der Waals surface area contributed by atoms with Gasteiger partial charge in [-0.25, -0.2) is 9.13 Å². The average Bonchev–Trinajstić information content (AvgIpc) is 3.23. The summed E-state index contributed by atoms with van der Waals surface area (Å²) >= 11 is 0. The topological polar surface area (TPSA) is 8.81 Å². The van der Waals surface area contributed by atoms with Gasteiger partial charge in [0, 0.05) is 0 Å². The number of hydrogen-bond acceptors (Lipinski definition) is 0. The number of rotatable bonds is 16. The molecule has 0 amide bonds. The van der Waals surface area contributed by atoms with E-state index in [-0.39, 0.29) is 0 Å². The van der Waals surface area contributed by atoms with Crippen LogP contribution in [-0.4, -0.2) is 4.57 Å². The Morgan fingerprint density at radius 2 is 1.16 bits per heavy atom. The first-order chi connectivity index (χ1) is 15.9. The van der Waals surface area contributed by atoms with Gasteiger partial charge in [0.05, 0.1) is 12.1 Å². The molecular formula is C30H43N2+. The van der Waals surface area contributed by atoms with Gasteiger partial charge < -0.3 is 0 Å². The van der Waals surface area contributed by atoms with Crippen molar-refractivity contribution >= 4 is 0 Å². The standard InChI is InChI=1S/C30H43N2/c1-2-3-4-5-6-7-8-9-10-11-12-19-24-31-25-26-32(27-28-20-15-13-16-21-28)30(31)29-22-17-14-18-23-29/h13-18,20-23,25-26H,2-12,19,24,27H2,1H3/q+1. The summed E-state index contributed by atoms with van der Waals surface area (Å²) in [6.45, 7) is 4.31. The maximum Gasteiger partial charge on any atom is 0.289 e. The maximum absolute atomic E-state index is 2.45. The van der Waals surface area contributed by atoms with Gasteiger partial charge in [-0.15, -0.1) is 0 Å². The van der Waals surface area contributed by atoms with Gasteiger partial charge >= 0.3 is 0 Å². The van der Waals surface area contributed by atoms with E-state index in [0.29, 0.717) is 0 Å². The van der Waals surface area contributed by atoms with Crippen molar-refractivity contribution in [3.63, 3.8) is 0 Å². The molecule has 0 unspecified atom stereocenters. The quantitative estimate of drug-likeness (QED) is 0.160. The first-order valence-electron chi connectivity index (χ1n) is 13.1. The number of nitrogens with zero attached hydrogens (tertiary/aromatic N) is 2. The van der Waals surface area contributed by atoms with E-state index in [2.05, 4.69) is 89.1 Å². The third-order valence-corrected chi connectivity index (χ3v) is 6.45. The highest BCUT2D eigenvalue weighted by Gasteiger charge is 2.19. The van der Waals surface area contributed by atoms with Crippen LogP contribution in [0.1, 0.15) is 89.5 Å². The zero-order chi connectivity index (χ0) is 22.3. The van der Waals surface area contributed by atoms with Gasteiger partial charge in [0.25, 0.3) is 5.82 Å². The van der Waals surface area contributed by atoms with E-state index in [9.17, 15) is 0 Å². The molecule has 0 fully saturated rings. The second kappa shape index (κ2) is 14.7. The van der Waals surface area contributed by atoms with Gasteiger partial charge in [0.15, 0.2) is 0 Å². The second-order valence-corrected chi connectivity index (χ2v) is 9.18. The van der Waals surface area contributed by atoms with Crippen molar-refractivity contribution in [2.24, 2.45) is 0 Å². The fourth-order valence-corrected chi connectivity index (χ4v) is 4.60. The lowest BCUT2D eigenvalue weighted by molar-refractivity contribution is -0.686. The van der Waals surface area contributed by atoms with E-state index in [4.69, 9.17) is 0 Å². The highest BCUT2D eigenvalue weighted by molar-refractivity contribution is 5.52. The molecule has 0 saturated carbocycles. The normalized spacial score (nSPS) is 11.2. The number of imidazole rings is 1. The third-order valence-electron chi connectivity index (χ3n) is 6.45. The van der Waals surface area contributed by atoms with Crippen LogP contribution in [0.3, 0.4) is 0 Å². The molecule has 0 radical (unpaired) electrons. The summed E-state index contributed by atoms with van der Waals surface area (Å²) < 4.78 is 4.85. The van der Waals surface area contributed by atoms with E-state index < -0.39 is 0 Å². The molecule has 0 N–H and O–H groups in total. The number of benzene rings is 2. The second-order valence-electron chi connectivity index (χ2n) is 9.18. The Morgan fingerprint density at radius 3 is 1.75 bits per heavy atom. The minimum Gasteiger partial charge on any atom is -0.230 e. The van der Waals surface area contributed by atoms with Crippen LogP contribution in [0, 0.1) is 0 Å². The predicted molar refractivity (Wildman–Crippen MR) is 137 cm³/mol. The Bertz CT molecular complexity index is 851. The van der Waals surface area contributed by atoms with Crippen LogP contribution >= 0.6 is 0 Å². The highest BCUT2D eigenvalue weighted by atomic mass is 15.1. The van der Waals surface area contributed by atoms with E-state index in [1.807, 2.05) is 0 Å². The lowest BCUT2D eigenvalue weighted by Gasteiger charge is -2.06. The Hall–Kier alpha value is -2.35. The van der Waals surface area contributed by atoms with Crippen LogP contribution in [0.4, 0.5) is 0 Å². The van der Waals surface area contributed by atoms with Crippen molar-refractivity contribution in [3.05, 3.63) is 78.6 Å². The lowest BCUT2D eigenvalue weighted by atomic mass is 10.1. The molecule has 1 aromatic heterocycles. The van der Waals surface area contributed by atoms with Crippen LogP contribution in [0.15, 0.2) is 73.1 Å². The summed E-state index contributed by atoms with van der Waals surface area (Å²) in [6, 6.07) is 21.6. The van der Waals surface area contributed by atoms with Crippen molar-refractivity contribution in [1.82, 2.24) is 4.57 Å². The molecule has 1 heterocycles. The monoisotopic (exact) mass is 431 g/mol. The van der Waals surface area contributed by atoms with E-state index in [1.165, 1.54) is 94.0 Å². The van der Waals surface area contributed by atoms with E-state index >= 15 is 0 Å². The van der Waals surface area contributed by atoms with Crippen molar-refractivity contribution in [2.75, 3.05) is 0 Å². The summed E-state index contributed by atoms with van der Waals surface area (Å²) in [5.41, 5.74) is 2.64. The minimum absolute atomic E-state index is 0.913. The van der Waals surface area contributed by atoms with Gasteiger partial charge in [-0.1, -0.05) is 120 Å². The molecule has 172 valence electrons. The van der Waals surface area contributed by atoms with Crippen molar-refractivity contribution in [3.8, 4) is 11.4 Å². The summed E-state index contributed by atoms with van der Waals surface area (Å²) in [4.78, 5) is 0. The van der Waals surface area contributed by atoms with Crippen molar-refractivity contribution < 1.29 is 4.57 Å². The zero-order valence-corrected chi connectivity index (χ0v) is 20.2. The molecule has 0 aliphatic heterocycles. The molecule has 0 saturated heterocycles. The largest absolute Gasteiger partial charge is 0.289 e. The van der Waals surface area contributed by atoms with Gasteiger partial charge in [-0.3, -0.25) is 0 Å². The smallest absolute Gasteiger partial charge is 0.230 e. The first-order valence-corrected chi connectivity index (χ1v) is 13.1. The molecule has 0 aliphatic rings. The molecule has 0 bridgehead atoms. The number of unbranched alkanes of at least 4 members (excludes halogenated alkanes) is 11. The molecule has 3 rings (SSSR count). The molecule has 2 aromatic carbocycles. The molecule has 0 aliphatic carbocycles. The van der Waals surface area contributed by atoms with E-state index in [0.717, 1.165) is 13.1 Å². The van der Waals surface area contributed by atoms with Crippen LogP contribution in [0.5, 0.6) is 0 Å². The fourth-order valence-electron chi connectivity index (χ4n) is 4.60. The van der Waals surface area contributed by atoms with Gasteiger partial charge in [0.2, 0.25) is 0 Å². The lowest BCUT2D eigenvalue weighted by Crippen LogP contribution is -2.35. The van der Waals surface area contributed by atoms with Crippen LogP contribution in [-0.2, 0) is 13.1 Å². The van der Waals surface area contributed by atoms with Gasteiger partial charge in [0.1, 0.15) is 18.9 Å². The Morgan fingerprint density at radius 1 is 0.625 bits per heavy atom. The highest BCUT2D eigenvalue weighted by Crippen LogP contribution is 2.18. The Balaban J connectivity index is 1.43. The summed E-state index contributed by atoms with van der Waals surface area (Å²) in [7, 11) is 0. The van der Waals surface area contributed by atoms with Crippen LogP contribution < -0.4 is 4.57 Å². The van der Waals surface area contributed by atoms with E-state index in [1.54, 1.807) is 0 Å².